The Morgan fingerprint density at radius 2 is 1.66 bits per heavy atom. The number of nitrogens with zero attached hydrogens (tertiary/aromatic N) is 4. The van der Waals surface area contributed by atoms with E-state index in [1.165, 1.54) is 6.07 Å². The molecule has 0 unspecified atom stereocenters. The Kier molecular flexibility index (Phi) is 6.63. The first-order valence-electron chi connectivity index (χ1n) is 11.0. The summed E-state index contributed by atoms with van der Waals surface area (Å²) in [7, 11) is 0. The minimum atomic E-state index is -0.290. The Morgan fingerprint density at radius 1 is 0.914 bits per heavy atom. The molecule has 0 saturated carbocycles. The monoisotopic (exact) mass is 506 g/mol. The highest BCUT2D eigenvalue weighted by molar-refractivity contribution is 6.39. The summed E-state index contributed by atoms with van der Waals surface area (Å²) in [5.41, 5.74) is 10.2. The molecule has 9 heteroatoms. The standard InChI is InChI=1S/C26H21Cl2FN6/c27-19-8-4-9-20(28)23(19)25-33-22-14-32-26(31-13-18-7-1-2-10-21(18)29)34-24(22)35(25)15-17-6-3-5-16(11-17)12-30/h1-11,14H,12-13,15,30H2,(H,31,32,34). The number of anilines is 1. The molecule has 5 aromatic rings. The van der Waals surface area contributed by atoms with Crippen LogP contribution in [0.3, 0.4) is 0 Å². The van der Waals surface area contributed by atoms with Crippen LogP contribution in [0.25, 0.3) is 22.6 Å². The molecule has 2 aromatic heterocycles. The Bertz CT molecular complexity index is 1500. The Hall–Kier alpha value is -3.52. The summed E-state index contributed by atoms with van der Waals surface area (Å²) in [5, 5.41) is 4.07. The van der Waals surface area contributed by atoms with Gasteiger partial charge in [0.25, 0.3) is 0 Å². The van der Waals surface area contributed by atoms with Gasteiger partial charge in [0.05, 0.1) is 28.4 Å². The SMILES string of the molecule is NCc1cccc(Cn2c(-c3c(Cl)cccc3Cl)nc3cnc(NCc4ccccc4F)nc32)c1. The van der Waals surface area contributed by atoms with Gasteiger partial charge >= 0.3 is 0 Å². The topological polar surface area (TPSA) is 81.7 Å². The first kappa shape index (κ1) is 23.2. The van der Waals surface area contributed by atoms with Crippen LogP contribution in [0.4, 0.5) is 10.3 Å². The second-order valence-corrected chi connectivity index (χ2v) is 8.80. The fourth-order valence-electron chi connectivity index (χ4n) is 3.91. The van der Waals surface area contributed by atoms with Crippen LogP contribution in [0.1, 0.15) is 16.7 Å². The highest BCUT2D eigenvalue weighted by atomic mass is 35.5. The summed E-state index contributed by atoms with van der Waals surface area (Å²) in [6.45, 7) is 1.15. The van der Waals surface area contributed by atoms with E-state index >= 15 is 0 Å². The van der Waals surface area contributed by atoms with E-state index in [9.17, 15) is 4.39 Å². The van der Waals surface area contributed by atoms with E-state index in [1.54, 1.807) is 42.6 Å². The molecular formula is C26H21Cl2FN6. The van der Waals surface area contributed by atoms with Crippen LogP contribution in [0.15, 0.2) is 72.9 Å². The second kappa shape index (κ2) is 10.00. The van der Waals surface area contributed by atoms with Crippen molar-refractivity contribution in [3.63, 3.8) is 0 Å². The molecule has 0 aliphatic carbocycles. The lowest BCUT2D eigenvalue weighted by Crippen LogP contribution is -2.08. The Balaban J connectivity index is 1.60. The van der Waals surface area contributed by atoms with Crippen molar-refractivity contribution in [1.29, 1.82) is 0 Å². The van der Waals surface area contributed by atoms with Crippen molar-refractivity contribution in [2.45, 2.75) is 19.6 Å². The molecule has 0 radical (unpaired) electrons. The lowest BCUT2D eigenvalue weighted by molar-refractivity contribution is 0.612. The molecule has 0 fully saturated rings. The summed E-state index contributed by atoms with van der Waals surface area (Å²) in [4.78, 5) is 13.9. The van der Waals surface area contributed by atoms with E-state index in [1.807, 2.05) is 28.8 Å². The highest BCUT2D eigenvalue weighted by Gasteiger charge is 2.20. The molecule has 5 rings (SSSR count). The summed E-state index contributed by atoms with van der Waals surface area (Å²) >= 11 is 13.1. The number of halogens is 3. The van der Waals surface area contributed by atoms with Crippen LogP contribution < -0.4 is 11.1 Å². The minimum absolute atomic E-state index is 0.244. The van der Waals surface area contributed by atoms with Gasteiger partial charge in [0.1, 0.15) is 17.2 Å². The van der Waals surface area contributed by atoms with Gasteiger partial charge < -0.3 is 15.6 Å². The number of fused-ring (bicyclic) bond motifs is 1. The van der Waals surface area contributed by atoms with Crippen molar-refractivity contribution in [3.8, 4) is 11.4 Å². The fraction of sp³-hybridized carbons (Fsp3) is 0.115. The maximum atomic E-state index is 14.1. The summed E-state index contributed by atoms with van der Waals surface area (Å²) < 4.78 is 16.0. The molecular weight excluding hydrogens is 486 g/mol. The molecule has 176 valence electrons. The molecule has 0 bridgehead atoms. The molecule has 3 N–H and O–H groups in total. The zero-order valence-corrected chi connectivity index (χ0v) is 20.1. The van der Waals surface area contributed by atoms with E-state index in [0.717, 1.165) is 11.1 Å². The van der Waals surface area contributed by atoms with E-state index in [-0.39, 0.29) is 12.4 Å². The third-order valence-electron chi connectivity index (χ3n) is 5.64. The number of hydrogen-bond donors (Lipinski definition) is 2. The number of hydrogen-bond acceptors (Lipinski definition) is 5. The van der Waals surface area contributed by atoms with Crippen LogP contribution >= 0.6 is 23.2 Å². The van der Waals surface area contributed by atoms with Crippen molar-refractivity contribution >= 4 is 40.3 Å². The smallest absolute Gasteiger partial charge is 0.225 e. The highest BCUT2D eigenvalue weighted by Crippen LogP contribution is 2.36. The second-order valence-electron chi connectivity index (χ2n) is 7.99. The number of nitrogens with two attached hydrogens (primary N) is 1. The van der Waals surface area contributed by atoms with Crippen molar-refractivity contribution in [2.75, 3.05) is 5.32 Å². The van der Waals surface area contributed by atoms with Gasteiger partial charge in [-0.2, -0.15) is 4.98 Å². The number of rotatable bonds is 7. The largest absolute Gasteiger partial charge is 0.350 e. The number of benzene rings is 3. The van der Waals surface area contributed by atoms with Gasteiger partial charge in [-0.05, 0) is 29.3 Å². The van der Waals surface area contributed by atoms with Gasteiger partial charge in [0.15, 0.2) is 5.65 Å². The minimum Gasteiger partial charge on any atom is -0.350 e. The number of nitrogens with one attached hydrogen (secondary N) is 1. The molecule has 0 spiro atoms. The lowest BCUT2D eigenvalue weighted by Gasteiger charge is -2.12. The third kappa shape index (κ3) is 4.84. The average Bonchev–Trinajstić information content (AvgIpc) is 3.20. The molecule has 2 heterocycles. The summed E-state index contributed by atoms with van der Waals surface area (Å²) in [5.74, 6) is 0.644. The van der Waals surface area contributed by atoms with E-state index < -0.39 is 0 Å². The van der Waals surface area contributed by atoms with Crippen molar-refractivity contribution in [3.05, 3.63) is 105 Å². The first-order valence-corrected chi connectivity index (χ1v) is 11.7. The predicted octanol–water partition coefficient (Wildman–Crippen LogP) is 6.06. The van der Waals surface area contributed by atoms with Crippen LogP contribution in [0.2, 0.25) is 10.0 Å². The fourth-order valence-corrected chi connectivity index (χ4v) is 4.48. The van der Waals surface area contributed by atoms with Crippen LogP contribution in [0, 0.1) is 5.82 Å². The van der Waals surface area contributed by atoms with Crippen LogP contribution in [-0.2, 0) is 19.6 Å². The third-order valence-corrected chi connectivity index (χ3v) is 6.27. The zero-order valence-electron chi connectivity index (χ0n) is 18.5. The lowest BCUT2D eigenvalue weighted by atomic mass is 10.1. The van der Waals surface area contributed by atoms with Crippen molar-refractivity contribution < 1.29 is 4.39 Å². The first-order chi connectivity index (χ1) is 17.0. The maximum Gasteiger partial charge on any atom is 0.225 e. The van der Waals surface area contributed by atoms with Gasteiger partial charge in [0, 0.05) is 18.7 Å². The normalized spacial score (nSPS) is 11.2. The summed E-state index contributed by atoms with van der Waals surface area (Å²) in [6, 6.07) is 19.9. The van der Waals surface area contributed by atoms with E-state index in [0.29, 0.717) is 57.2 Å². The van der Waals surface area contributed by atoms with Crippen LogP contribution in [-0.4, -0.2) is 19.5 Å². The van der Waals surface area contributed by atoms with Crippen molar-refractivity contribution in [1.82, 2.24) is 19.5 Å². The number of aromatic nitrogens is 4. The number of imidazole rings is 1. The average molecular weight is 507 g/mol. The predicted molar refractivity (Wildman–Crippen MR) is 138 cm³/mol. The van der Waals surface area contributed by atoms with E-state index in [4.69, 9.17) is 38.9 Å². The molecule has 6 nitrogen and oxygen atoms in total. The van der Waals surface area contributed by atoms with Gasteiger partial charge in [-0.15, -0.1) is 0 Å². The summed E-state index contributed by atoms with van der Waals surface area (Å²) in [6.07, 6.45) is 1.63. The molecule has 3 aromatic carbocycles. The Labute approximate surface area is 211 Å². The molecule has 0 aliphatic rings. The molecule has 0 atom stereocenters. The van der Waals surface area contributed by atoms with Gasteiger partial charge in [-0.3, -0.25) is 0 Å². The zero-order chi connectivity index (χ0) is 24.4. The van der Waals surface area contributed by atoms with Gasteiger partial charge in [-0.25, -0.2) is 14.4 Å². The van der Waals surface area contributed by atoms with Crippen molar-refractivity contribution in [2.24, 2.45) is 5.73 Å². The maximum absolute atomic E-state index is 14.1. The van der Waals surface area contributed by atoms with Crippen LogP contribution in [0.5, 0.6) is 0 Å². The molecule has 0 amide bonds. The van der Waals surface area contributed by atoms with E-state index in [2.05, 4.69) is 10.3 Å². The van der Waals surface area contributed by atoms with Gasteiger partial charge in [0.2, 0.25) is 5.95 Å². The van der Waals surface area contributed by atoms with Gasteiger partial charge in [-0.1, -0.05) is 71.7 Å². The molecule has 35 heavy (non-hydrogen) atoms. The Morgan fingerprint density at radius 3 is 2.43 bits per heavy atom. The molecule has 0 aliphatic heterocycles. The quantitative estimate of drug-likeness (QED) is 0.280. The molecule has 0 saturated heterocycles.